The van der Waals surface area contributed by atoms with Crippen molar-refractivity contribution < 1.29 is 15.0 Å². The number of carboxylic acid groups (broad SMARTS) is 1. The molecular weight excluding hydrogens is 276 g/mol. The zero-order valence-corrected chi connectivity index (χ0v) is 9.73. The fraction of sp³-hybridized carbons (Fsp3) is 0.200. The number of H-pyrrole nitrogens is 1. The highest BCUT2D eigenvalue weighted by atomic mass is 79.9. The number of aliphatic hydroxyl groups excluding tert-OH is 1. The third-order valence-corrected chi connectivity index (χ3v) is 2.92. The van der Waals surface area contributed by atoms with Gasteiger partial charge in [-0.15, -0.1) is 0 Å². The van der Waals surface area contributed by atoms with Crippen molar-refractivity contribution in [3.63, 3.8) is 0 Å². The molecule has 2 aromatic rings. The van der Waals surface area contributed by atoms with Gasteiger partial charge in [-0.1, -0.05) is 15.9 Å². The van der Waals surface area contributed by atoms with Gasteiger partial charge in [0.2, 0.25) is 0 Å². The van der Waals surface area contributed by atoms with Gasteiger partial charge in [0.25, 0.3) is 0 Å². The number of nitrogens with one attached hydrogen (secondary N) is 1. The third-order valence-electron chi connectivity index (χ3n) is 2.32. The molecule has 5 nitrogen and oxygen atoms in total. The zero-order chi connectivity index (χ0) is 11.7. The van der Waals surface area contributed by atoms with E-state index in [1.165, 1.54) is 6.33 Å². The molecular formula is C10H9BrN2O3. The minimum absolute atomic E-state index is 0.346. The van der Waals surface area contributed by atoms with Gasteiger partial charge in [0, 0.05) is 5.33 Å². The van der Waals surface area contributed by atoms with E-state index in [-0.39, 0.29) is 0 Å². The fourth-order valence-corrected chi connectivity index (χ4v) is 1.98. The van der Waals surface area contributed by atoms with E-state index in [1.807, 2.05) is 0 Å². The molecule has 0 aliphatic carbocycles. The Balaban J connectivity index is 2.59. The molecule has 3 N–H and O–H groups in total. The normalized spacial score (nSPS) is 12.9. The lowest BCUT2D eigenvalue weighted by molar-refractivity contribution is -0.146. The Kier molecular flexibility index (Phi) is 2.93. The van der Waals surface area contributed by atoms with Crippen LogP contribution in [0.5, 0.6) is 0 Å². The van der Waals surface area contributed by atoms with Crippen LogP contribution in [0.25, 0.3) is 11.0 Å². The van der Waals surface area contributed by atoms with E-state index in [4.69, 9.17) is 5.11 Å². The number of benzene rings is 1. The number of hydrogen-bond donors (Lipinski definition) is 3. The molecule has 0 saturated carbocycles. The predicted molar refractivity (Wildman–Crippen MR) is 61.3 cm³/mol. The lowest BCUT2D eigenvalue weighted by Gasteiger charge is -2.07. The molecule has 1 unspecified atom stereocenters. The Labute approximate surface area is 99.3 Å². The summed E-state index contributed by atoms with van der Waals surface area (Å²) >= 11 is 3.30. The van der Waals surface area contributed by atoms with E-state index in [2.05, 4.69) is 25.9 Å². The number of rotatable bonds is 3. The monoisotopic (exact) mass is 284 g/mol. The second kappa shape index (κ2) is 4.23. The van der Waals surface area contributed by atoms with Crippen LogP contribution in [0.2, 0.25) is 0 Å². The van der Waals surface area contributed by atoms with Gasteiger partial charge < -0.3 is 15.2 Å². The first-order valence-corrected chi connectivity index (χ1v) is 5.68. The maximum Gasteiger partial charge on any atom is 0.337 e. The molecule has 0 saturated heterocycles. The quantitative estimate of drug-likeness (QED) is 0.747. The van der Waals surface area contributed by atoms with Crippen LogP contribution in [0.15, 0.2) is 18.5 Å². The molecule has 1 atom stereocenters. The first-order chi connectivity index (χ1) is 7.63. The van der Waals surface area contributed by atoms with Gasteiger partial charge >= 0.3 is 5.97 Å². The number of aromatic nitrogens is 2. The van der Waals surface area contributed by atoms with Crippen molar-refractivity contribution in [2.75, 3.05) is 0 Å². The molecule has 0 aliphatic rings. The first-order valence-electron chi connectivity index (χ1n) is 4.56. The summed E-state index contributed by atoms with van der Waals surface area (Å²) in [6.07, 6.45) is 0.0267. The fourth-order valence-electron chi connectivity index (χ4n) is 1.55. The van der Waals surface area contributed by atoms with Crippen LogP contribution in [-0.4, -0.2) is 26.2 Å². The smallest absolute Gasteiger partial charge is 0.337 e. The van der Waals surface area contributed by atoms with E-state index in [9.17, 15) is 9.90 Å². The van der Waals surface area contributed by atoms with Crippen molar-refractivity contribution in [2.45, 2.75) is 11.4 Å². The molecule has 84 valence electrons. The molecule has 2 rings (SSSR count). The minimum Gasteiger partial charge on any atom is -0.479 e. The number of halogens is 1. The van der Waals surface area contributed by atoms with Crippen LogP contribution in [0, 0.1) is 0 Å². The predicted octanol–water partition coefficient (Wildman–Crippen LogP) is 1.58. The molecule has 0 fully saturated rings. The number of hydrogen-bond acceptors (Lipinski definition) is 3. The second-order valence-electron chi connectivity index (χ2n) is 3.35. The van der Waals surface area contributed by atoms with E-state index in [0.717, 1.165) is 11.1 Å². The molecule has 0 amide bonds. The van der Waals surface area contributed by atoms with Crippen molar-refractivity contribution in [1.82, 2.24) is 9.97 Å². The molecule has 1 heterocycles. The number of fused-ring (bicyclic) bond motifs is 1. The number of carboxylic acids is 1. The van der Waals surface area contributed by atoms with Crippen LogP contribution in [0.1, 0.15) is 17.2 Å². The Morgan fingerprint density at radius 1 is 1.56 bits per heavy atom. The van der Waals surface area contributed by atoms with Gasteiger partial charge in [-0.3, -0.25) is 0 Å². The number of aliphatic hydroxyl groups is 1. The summed E-state index contributed by atoms with van der Waals surface area (Å²) < 4.78 is 0. The van der Waals surface area contributed by atoms with Gasteiger partial charge in [0.05, 0.1) is 17.4 Å². The van der Waals surface area contributed by atoms with Crippen molar-refractivity contribution in [3.8, 4) is 0 Å². The molecule has 6 heteroatoms. The van der Waals surface area contributed by atoms with Crippen molar-refractivity contribution in [1.29, 1.82) is 0 Å². The molecule has 16 heavy (non-hydrogen) atoms. The Morgan fingerprint density at radius 3 is 2.94 bits per heavy atom. The number of nitrogens with zero attached hydrogens (tertiary/aromatic N) is 1. The summed E-state index contributed by atoms with van der Waals surface area (Å²) in [6, 6.07) is 3.23. The van der Waals surface area contributed by atoms with Crippen molar-refractivity contribution in [3.05, 3.63) is 29.6 Å². The van der Waals surface area contributed by atoms with Gasteiger partial charge in [-0.25, -0.2) is 9.78 Å². The van der Waals surface area contributed by atoms with E-state index in [1.54, 1.807) is 12.1 Å². The summed E-state index contributed by atoms with van der Waals surface area (Å²) in [7, 11) is 0. The van der Waals surface area contributed by atoms with E-state index >= 15 is 0 Å². The SMILES string of the molecule is O=C(O)C(O)c1cc(CBr)c2nc[nH]c2c1. The van der Waals surface area contributed by atoms with Crippen LogP contribution < -0.4 is 0 Å². The summed E-state index contributed by atoms with van der Waals surface area (Å²) in [4.78, 5) is 17.7. The standard InChI is InChI=1S/C10H9BrN2O3/c11-3-6-1-5(9(14)10(15)16)2-7-8(6)13-4-12-7/h1-2,4,9,14H,3H2,(H,12,13)(H,15,16). The highest BCUT2D eigenvalue weighted by Gasteiger charge is 2.18. The first kappa shape index (κ1) is 11.1. The van der Waals surface area contributed by atoms with Crippen LogP contribution in [0.4, 0.5) is 0 Å². The lowest BCUT2D eigenvalue weighted by atomic mass is 10.1. The average molecular weight is 285 g/mol. The van der Waals surface area contributed by atoms with Gasteiger partial charge in [-0.05, 0) is 23.3 Å². The summed E-state index contributed by atoms with van der Waals surface area (Å²) in [5, 5.41) is 18.7. The second-order valence-corrected chi connectivity index (χ2v) is 3.91. The highest BCUT2D eigenvalue weighted by molar-refractivity contribution is 9.08. The molecule has 1 aromatic carbocycles. The Morgan fingerprint density at radius 2 is 2.31 bits per heavy atom. The summed E-state index contributed by atoms with van der Waals surface area (Å²) in [5.41, 5.74) is 2.68. The highest BCUT2D eigenvalue weighted by Crippen LogP contribution is 2.24. The lowest BCUT2D eigenvalue weighted by Crippen LogP contribution is -2.10. The third kappa shape index (κ3) is 1.81. The van der Waals surface area contributed by atoms with E-state index in [0.29, 0.717) is 16.4 Å². The maximum atomic E-state index is 10.7. The van der Waals surface area contributed by atoms with Gasteiger partial charge in [-0.2, -0.15) is 0 Å². The van der Waals surface area contributed by atoms with Crippen LogP contribution in [0.3, 0.4) is 0 Å². The Hall–Kier alpha value is -1.40. The molecule has 0 radical (unpaired) electrons. The molecule has 0 spiro atoms. The summed E-state index contributed by atoms with van der Waals surface area (Å²) in [6.45, 7) is 0. The topological polar surface area (TPSA) is 86.2 Å². The summed E-state index contributed by atoms with van der Waals surface area (Å²) in [5.74, 6) is -1.26. The number of alkyl halides is 1. The molecule has 0 bridgehead atoms. The maximum absolute atomic E-state index is 10.7. The Bertz CT molecular complexity index is 538. The number of aliphatic carboxylic acids is 1. The molecule has 1 aromatic heterocycles. The number of aromatic amines is 1. The molecule has 0 aliphatic heterocycles. The van der Waals surface area contributed by atoms with Crippen molar-refractivity contribution >= 4 is 32.9 Å². The van der Waals surface area contributed by atoms with Gasteiger partial charge in [0.15, 0.2) is 6.10 Å². The number of imidazole rings is 1. The zero-order valence-electron chi connectivity index (χ0n) is 8.14. The average Bonchev–Trinajstić information content (AvgIpc) is 2.74. The van der Waals surface area contributed by atoms with Crippen LogP contribution >= 0.6 is 15.9 Å². The number of carbonyl (C=O) groups is 1. The van der Waals surface area contributed by atoms with E-state index < -0.39 is 12.1 Å². The van der Waals surface area contributed by atoms with Crippen LogP contribution in [-0.2, 0) is 10.1 Å². The van der Waals surface area contributed by atoms with Gasteiger partial charge in [0.1, 0.15) is 0 Å². The largest absolute Gasteiger partial charge is 0.479 e. The van der Waals surface area contributed by atoms with Crippen molar-refractivity contribution in [2.24, 2.45) is 0 Å². The minimum atomic E-state index is -1.51.